The van der Waals surface area contributed by atoms with Gasteiger partial charge >= 0.3 is 5.97 Å². The first-order valence-corrected chi connectivity index (χ1v) is 4.52. The number of hydrogen-bond acceptors (Lipinski definition) is 3. The Morgan fingerprint density at radius 2 is 2.27 bits per heavy atom. The van der Waals surface area contributed by atoms with Gasteiger partial charge in [0, 0.05) is 6.07 Å². The first-order chi connectivity index (χ1) is 7.08. The van der Waals surface area contributed by atoms with E-state index >= 15 is 0 Å². The third-order valence-corrected chi connectivity index (χ3v) is 2.27. The zero-order valence-corrected chi connectivity index (χ0v) is 8.27. The summed E-state index contributed by atoms with van der Waals surface area (Å²) < 4.78 is 1.36. The fourth-order valence-corrected chi connectivity index (χ4v) is 1.62. The van der Waals surface area contributed by atoms with Crippen molar-refractivity contribution in [2.45, 2.75) is 6.54 Å². The second-order valence-electron chi connectivity index (χ2n) is 3.03. The van der Waals surface area contributed by atoms with E-state index in [-0.39, 0.29) is 17.6 Å². The Balaban J connectivity index is 2.63. The van der Waals surface area contributed by atoms with E-state index in [9.17, 15) is 9.90 Å². The first-order valence-electron chi connectivity index (χ1n) is 4.14. The summed E-state index contributed by atoms with van der Waals surface area (Å²) in [5.41, 5.74) is 1.06. The monoisotopic (exact) mass is 226 g/mol. The molecule has 1 aromatic carbocycles. The van der Waals surface area contributed by atoms with Gasteiger partial charge in [-0.3, -0.25) is 4.79 Å². The topological polar surface area (TPSA) is 75.3 Å². The molecule has 0 atom stereocenters. The van der Waals surface area contributed by atoms with E-state index in [1.807, 2.05) is 0 Å². The van der Waals surface area contributed by atoms with E-state index in [1.165, 1.54) is 16.7 Å². The molecule has 0 unspecified atom stereocenters. The lowest BCUT2D eigenvalue weighted by Crippen LogP contribution is -2.08. The Morgan fingerprint density at radius 1 is 1.53 bits per heavy atom. The van der Waals surface area contributed by atoms with E-state index in [4.69, 9.17) is 16.7 Å². The number of aromatic hydroxyl groups is 1. The predicted octanol–water partition coefficient (Wildman–Crippen LogP) is 1.48. The van der Waals surface area contributed by atoms with Crippen molar-refractivity contribution in [2.24, 2.45) is 0 Å². The number of benzene rings is 1. The summed E-state index contributed by atoms with van der Waals surface area (Å²) in [6, 6.07) is 4.46. The van der Waals surface area contributed by atoms with E-state index < -0.39 is 5.97 Å². The summed E-state index contributed by atoms with van der Waals surface area (Å²) in [6.07, 6.45) is 0. The van der Waals surface area contributed by atoms with Crippen LogP contribution in [0.3, 0.4) is 0 Å². The van der Waals surface area contributed by atoms with Crippen molar-refractivity contribution in [3.63, 3.8) is 0 Å². The molecule has 0 saturated carbocycles. The van der Waals surface area contributed by atoms with Gasteiger partial charge in [-0.1, -0.05) is 0 Å². The highest BCUT2D eigenvalue weighted by Crippen LogP contribution is 2.23. The molecule has 5 nitrogen and oxygen atoms in total. The molecule has 15 heavy (non-hydrogen) atoms. The summed E-state index contributed by atoms with van der Waals surface area (Å²) in [6.45, 7) is -0.250. The Kier molecular flexibility index (Phi) is 2.24. The maximum absolute atomic E-state index is 10.6. The minimum atomic E-state index is -0.996. The standard InChI is InChI=1S/C9H7ClN2O3/c10-9-11-6-3-5(13)1-2-7(6)12(9)4-8(14)15/h1-3,13H,4H2,(H,14,15). The SMILES string of the molecule is O=C(O)Cn1c(Cl)nc2cc(O)ccc21. The summed E-state index contributed by atoms with van der Waals surface area (Å²) in [4.78, 5) is 14.5. The predicted molar refractivity (Wildman–Crippen MR) is 54.0 cm³/mol. The van der Waals surface area contributed by atoms with Gasteiger partial charge in [-0.2, -0.15) is 0 Å². The smallest absolute Gasteiger partial charge is 0.323 e. The summed E-state index contributed by atoms with van der Waals surface area (Å²) in [5.74, 6) is -0.927. The maximum atomic E-state index is 10.6. The minimum Gasteiger partial charge on any atom is -0.508 e. The zero-order valence-electron chi connectivity index (χ0n) is 7.51. The highest BCUT2D eigenvalue weighted by Gasteiger charge is 2.11. The number of imidazole rings is 1. The highest BCUT2D eigenvalue weighted by atomic mass is 35.5. The average molecular weight is 227 g/mol. The molecule has 0 aliphatic carbocycles. The lowest BCUT2D eigenvalue weighted by atomic mass is 10.3. The molecule has 0 radical (unpaired) electrons. The number of aliphatic carboxylic acids is 1. The molecule has 0 spiro atoms. The lowest BCUT2D eigenvalue weighted by molar-refractivity contribution is -0.137. The molecule has 0 aliphatic heterocycles. The Morgan fingerprint density at radius 3 is 2.93 bits per heavy atom. The molecule has 2 rings (SSSR count). The quantitative estimate of drug-likeness (QED) is 0.813. The van der Waals surface area contributed by atoms with Crippen LogP contribution >= 0.6 is 11.6 Å². The second-order valence-corrected chi connectivity index (χ2v) is 3.37. The van der Waals surface area contributed by atoms with E-state index in [0.717, 1.165) is 0 Å². The van der Waals surface area contributed by atoms with Gasteiger partial charge in [0.2, 0.25) is 5.28 Å². The Bertz CT molecular complexity index is 535. The van der Waals surface area contributed by atoms with Crippen molar-refractivity contribution in [3.05, 3.63) is 23.5 Å². The Hall–Kier alpha value is -1.75. The van der Waals surface area contributed by atoms with Gasteiger partial charge < -0.3 is 14.8 Å². The number of nitrogens with zero attached hydrogens (tertiary/aromatic N) is 2. The maximum Gasteiger partial charge on any atom is 0.323 e. The molecule has 0 bridgehead atoms. The van der Waals surface area contributed by atoms with Gasteiger partial charge in [-0.15, -0.1) is 0 Å². The van der Waals surface area contributed by atoms with E-state index in [2.05, 4.69) is 4.98 Å². The van der Waals surface area contributed by atoms with Crippen molar-refractivity contribution in [2.75, 3.05) is 0 Å². The number of aromatic nitrogens is 2. The van der Waals surface area contributed by atoms with Crippen LogP contribution in [0.2, 0.25) is 5.28 Å². The van der Waals surface area contributed by atoms with Gasteiger partial charge in [-0.05, 0) is 23.7 Å². The normalized spacial score (nSPS) is 10.7. The average Bonchev–Trinajstić information content (AvgIpc) is 2.41. The number of phenolic OH excluding ortho intramolecular Hbond substituents is 1. The number of hydrogen-bond donors (Lipinski definition) is 2. The number of carbonyl (C=O) groups is 1. The number of halogens is 1. The third-order valence-electron chi connectivity index (χ3n) is 1.98. The van der Waals surface area contributed by atoms with Crippen LogP contribution in [-0.2, 0) is 11.3 Å². The van der Waals surface area contributed by atoms with Crippen LogP contribution < -0.4 is 0 Å². The van der Waals surface area contributed by atoms with Gasteiger partial charge in [0.05, 0.1) is 11.0 Å². The molecule has 0 aliphatic rings. The van der Waals surface area contributed by atoms with Crippen molar-refractivity contribution in [1.29, 1.82) is 0 Å². The molecule has 6 heteroatoms. The number of phenols is 1. The van der Waals surface area contributed by atoms with Gasteiger partial charge in [-0.25, -0.2) is 4.98 Å². The summed E-state index contributed by atoms with van der Waals surface area (Å²) >= 11 is 5.77. The van der Waals surface area contributed by atoms with Gasteiger partial charge in [0.1, 0.15) is 12.3 Å². The molecule has 2 N–H and O–H groups in total. The van der Waals surface area contributed by atoms with Crippen LogP contribution in [0.25, 0.3) is 11.0 Å². The number of fused-ring (bicyclic) bond motifs is 1. The molecule has 1 heterocycles. The van der Waals surface area contributed by atoms with Crippen molar-refractivity contribution >= 4 is 28.6 Å². The van der Waals surface area contributed by atoms with Crippen LogP contribution in [0.15, 0.2) is 18.2 Å². The molecule has 0 amide bonds. The number of rotatable bonds is 2. The summed E-state index contributed by atoms with van der Waals surface area (Å²) in [7, 11) is 0. The molecule has 2 aromatic rings. The minimum absolute atomic E-state index is 0.0686. The summed E-state index contributed by atoms with van der Waals surface area (Å²) in [5, 5.41) is 18.0. The van der Waals surface area contributed by atoms with Crippen LogP contribution in [-0.4, -0.2) is 25.7 Å². The largest absolute Gasteiger partial charge is 0.508 e. The van der Waals surface area contributed by atoms with Crippen LogP contribution in [0.4, 0.5) is 0 Å². The fraction of sp³-hybridized carbons (Fsp3) is 0.111. The molecule has 78 valence electrons. The fourth-order valence-electron chi connectivity index (χ4n) is 1.37. The number of carboxylic acids is 1. The van der Waals surface area contributed by atoms with Gasteiger partial charge in [0.15, 0.2) is 0 Å². The van der Waals surface area contributed by atoms with Crippen molar-refractivity contribution < 1.29 is 15.0 Å². The second kappa shape index (κ2) is 3.43. The molecule has 1 aromatic heterocycles. The molecule has 0 saturated heterocycles. The third kappa shape index (κ3) is 1.73. The van der Waals surface area contributed by atoms with Crippen LogP contribution in [0.1, 0.15) is 0 Å². The zero-order chi connectivity index (χ0) is 11.0. The Labute approximate surface area is 89.5 Å². The highest BCUT2D eigenvalue weighted by molar-refractivity contribution is 6.29. The van der Waals surface area contributed by atoms with Crippen molar-refractivity contribution in [3.8, 4) is 5.75 Å². The van der Waals surface area contributed by atoms with Crippen molar-refractivity contribution in [1.82, 2.24) is 9.55 Å². The number of carboxylic acid groups (broad SMARTS) is 1. The molecule has 0 fully saturated rings. The van der Waals surface area contributed by atoms with E-state index in [0.29, 0.717) is 11.0 Å². The first kappa shape index (κ1) is 9.79. The molecular weight excluding hydrogens is 220 g/mol. The lowest BCUT2D eigenvalue weighted by Gasteiger charge is -2.00. The molecular formula is C9H7ClN2O3. The van der Waals surface area contributed by atoms with E-state index in [1.54, 1.807) is 6.07 Å². The van der Waals surface area contributed by atoms with Crippen LogP contribution in [0, 0.1) is 0 Å². The van der Waals surface area contributed by atoms with Gasteiger partial charge in [0.25, 0.3) is 0 Å². The van der Waals surface area contributed by atoms with Crippen LogP contribution in [0.5, 0.6) is 5.75 Å².